The quantitative estimate of drug-likeness (QED) is 0.211. The van der Waals surface area contributed by atoms with Gasteiger partial charge in [-0.05, 0) is 111 Å². The molecule has 2 saturated heterocycles. The predicted octanol–water partition coefficient (Wildman–Crippen LogP) is 7.81. The molecule has 2 N–H and O–H groups in total. The molecule has 0 saturated carbocycles. The molecular weight excluding hydrogens is 590 g/mol. The Kier molecular flexibility index (Phi) is 8.16. The third-order valence-electron chi connectivity index (χ3n) is 9.00. The molecule has 4 heterocycles. The minimum atomic E-state index is -0.950. The number of nitrogens with zero attached hydrogens (tertiary/aromatic N) is 4. The molecule has 0 aliphatic carbocycles. The van der Waals surface area contributed by atoms with Gasteiger partial charge in [-0.15, -0.1) is 0 Å². The maximum atomic E-state index is 11.8. The molecule has 2 aromatic carbocycles. The number of carboxylic acid groups (broad SMARTS) is 1. The van der Waals surface area contributed by atoms with Crippen molar-refractivity contribution in [2.75, 3.05) is 22.9 Å². The van der Waals surface area contributed by atoms with E-state index in [4.69, 9.17) is 28.8 Å². The summed E-state index contributed by atoms with van der Waals surface area (Å²) in [6.07, 6.45) is 3.03. The minimum Gasteiger partial charge on any atom is -0.478 e. The Balaban J connectivity index is 1.46. The first-order valence-electron chi connectivity index (χ1n) is 15.1. The van der Waals surface area contributed by atoms with Crippen molar-refractivity contribution in [1.29, 1.82) is 0 Å². The van der Waals surface area contributed by atoms with E-state index in [1.54, 1.807) is 18.3 Å². The fourth-order valence-corrected chi connectivity index (χ4v) is 7.79. The number of hydrogen-bond acceptors (Lipinski definition) is 4. The molecule has 0 spiro atoms. The summed E-state index contributed by atoms with van der Waals surface area (Å²) >= 11 is 13.0. The molecule has 0 unspecified atom stereocenters. The van der Waals surface area contributed by atoms with Crippen LogP contribution in [0.3, 0.4) is 0 Å². The smallest absolute Gasteiger partial charge is 0.335 e. The lowest BCUT2D eigenvalue weighted by atomic mass is 9.91. The predicted molar refractivity (Wildman–Crippen MR) is 181 cm³/mol. The molecule has 0 bridgehead atoms. The summed E-state index contributed by atoms with van der Waals surface area (Å²) in [5.41, 5.74) is 8.02. The number of carbonyl (C=O) groups is 1. The number of thiocarbonyl (C=S) groups is 1. The number of aryl methyl sites for hydroxylation is 2. The van der Waals surface area contributed by atoms with Gasteiger partial charge in [0.1, 0.15) is 0 Å². The third-order valence-corrected chi connectivity index (χ3v) is 9.62. The average molecular weight is 628 g/mol. The van der Waals surface area contributed by atoms with Gasteiger partial charge in [0.2, 0.25) is 0 Å². The number of aromatic nitrogens is 2. The number of halogens is 1. The highest BCUT2D eigenvalue weighted by molar-refractivity contribution is 7.80. The molecule has 6 rings (SSSR count). The number of anilines is 2. The summed E-state index contributed by atoms with van der Waals surface area (Å²) in [6, 6.07) is 19.2. The van der Waals surface area contributed by atoms with Crippen LogP contribution in [-0.2, 0) is 0 Å². The van der Waals surface area contributed by atoms with Gasteiger partial charge in [0.15, 0.2) is 5.11 Å². The summed E-state index contributed by atoms with van der Waals surface area (Å²) in [5, 5.41) is 14.6. The maximum absolute atomic E-state index is 11.8. The number of benzene rings is 2. The highest BCUT2D eigenvalue weighted by Crippen LogP contribution is 2.45. The lowest BCUT2D eigenvalue weighted by Crippen LogP contribution is -2.38. The van der Waals surface area contributed by atoms with E-state index in [1.807, 2.05) is 37.3 Å². The van der Waals surface area contributed by atoms with Crippen LogP contribution >= 0.6 is 23.8 Å². The van der Waals surface area contributed by atoms with E-state index in [-0.39, 0.29) is 17.6 Å². The van der Waals surface area contributed by atoms with Gasteiger partial charge < -0.3 is 24.8 Å². The Morgan fingerprint density at radius 2 is 1.75 bits per heavy atom. The largest absolute Gasteiger partial charge is 0.478 e. The van der Waals surface area contributed by atoms with Crippen molar-refractivity contribution in [3.63, 3.8) is 0 Å². The number of piperidine rings is 1. The standard InChI is InChI=1S/C35H38ClN5O2S/c1-20-14-21(2)19-39(18-20)30-12-11-26(17-28(30)36)41-33(32(38-35(41)44)29-8-6-7-13-37-29)27-15-23(4)40(24(27)5)31-16-25(34(42)43)10-9-22(31)3/h6-13,15-17,20-21,32-33H,14,18-19H2,1-5H3,(H,38,44)(H,42,43)/t20-,21+,32-,33-/m0/s1. The van der Waals surface area contributed by atoms with Crippen molar-refractivity contribution in [2.24, 2.45) is 11.8 Å². The van der Waals surface area contributed by atoms with Gasteiger partial charge in [-0.3, -0.25) is 4.98 Å². The molecule has 228 valence electrons. The Hall–Kier alpha value is -3.88. The van der Waals surface area contributed by atoms with E-state index in [0.29, 0.717) is 22.0 Å². The van der Waals surface area contributed by atoms with Crippen LogP contribution in [0.25, 0.3) is 5.69 Å². The van der Waals surface area contributed by atoms with Crippen molar-refractivity contribution in [1.82, 2.24) is 14.9 Å². The molecule has 7 nitrogen and oxygen atoms in total. The van der Waals surface area contributed by atoms with Crippen molar-refractivity contribution in [2.45, 2.75) is 53.1 Å². The summed E-state index contributed by atoms with van der Waals surface area (Å²) in [7, 11) is 0. The number of aromatic carboxylic acids is 1. The van der Waals surface area contributed by atoms with E-state index in [1.165, 1.54) is 6.42 Å². The van der Waals surface area contributed by atoms with E-state index >= 15 is 0 Å². The van der Waals surface area contributed by atoms with Gasteiger partial charge in [0, 0.05) is 42.0 Å². The second-order valence-corrected chi connectivity index (χ2v) is 13.2. The number of hydrogen-bond donors (Lipinski definition) is 2. The summed E-state index contributed by atoms with van der Waals surface area (Å²) < 4.78 is 2.14. The van der Waals surface area contributed by atoms with Gasteiger partial charge >= 0.3 is 5.97 Å². The minimum absolute atomic E-state index is 0.216. The Bertz CT molecular complexity index is 1730. The fraction of sp³-hybridized carbons (Fsp3) is 0.343. The average Bonchev–Trinajstić information content (AvgIpc) is 3.47. The van der Waals surface area contributed by atoms with Crippen LogP contribution in [0.2, 0.25) is 5.02 Å². The second kappa shape index (κ2) is 11.9. The lowest BCUT2D eigenvalue weighted by Gasteiger charge is -2.37. The van der Waals surface area contributed by atoms with Gasteiger partial charge in [-0.25, -0.2) is 4.79 Å². The Labute approximate surface area is 269 Å². The zero-order valence-corrected chi connectivity index (χ0v) is 27.3. The molecule has 2 aliphatic heterocycles. The Morgan fingerprint density at radius 3 is 2.41 bits per heavy atom. The molecule has 2 aliphatic rings. The molecule has 4 atom stereocenters. The van der Waals surface area contributed by atoms with E-state index < -0.39 is 5.97 Å². The lowest BCUT2D eigenvalue weighted by molar-refractivity contribution is 0.0697. The number of carboxylic acids is 1. The van der Waals surface area contributed by atoms with Crippen molar-refractivity contribution in [3.05, 3.63) is 106 Å². The van der Waals surface area contributed by atoms with Crippen LogP contribution in [0.4, 0.5) is 11.4 Å². The SMILES string of the molecule is Cc1ccc(C(=O)O)cc1-n1c(C)cc([C@H]2[C@H](c3ccccn3)NC(=S)N2c2ccc(N3C[C@H](C)C[C@H](C)C3)c(Cl)c2)c1C. The molecule has 0 radical (unpaired) electrons. The van der Waals surface area contributed by atoms with Crippen molar-refractivity contribution < 1.29 is 9.90 Å². The molecule has 44 heavy (non-hydrogen) atoms. The topological polar surface area (TPSA) is 73.6 Å². The molecule has 2 fully saturated rings. The van der Waals surface area contributed by atoms with Crippen LogP contribution in [0.5, 0.6) is 0 Å². The first kappa shape index (κ1) is 30.2. The van der Waals surface area contributed by atoms with Crippen LogP contribution in [0, 0.1) is 32.6 Å². The fourth-order valence-electron chi connectivity index (χ4n) is 7.15. The van der Waals surface area contributed by atoms with Gasteiger partial charge in [-0.2, -0.15) is 0 Å². The first-order valence-corrected chi connectivity index (χ1v) is 15.9. The Morgan fingerprint density at radius 1 is 1.00 bits per heavy atom. The van der Waals surface area contributed by atoms with Crippen LogP contribution in [0.15, 0.2) is 66.9 Å². The summed E-state index contributed by atoms with van der Waals surface area (Å²) in [4.78, 5) is 21.1. The highest BCUT2D eigenvalue weighted by Gasteiger charge is 2.42. The summed E-state index contributed by atoms with van der Waals surface area (Å²) in [5.74, 6) is 0.279. The van der Waals surface area contributed by atoms with Crippen LogP contribution in [0.1, 0.15) is 70.9 Å². The second-order valence-electron chi connectivity index (χ2n) is 12.5. The van der Waals surface area contributed by atoms with Crippen molar-refractivity contribution in [3.8, 4) is 5.69 Å². The normalized spacial score (nSPS) is 21.9. The van der Waals surface area contributed by atoms with Gasteiger partial charge in [0.25, 0.3) is 0 Å². The number of rotatable bonds is 6. The summed E-state index contributed by atoms with van der Waals surface area (Å²) in [6.45, 7) is 12.7. The van der Waals surface area contributed by atoms with E-state index in [9.17, 15) is 9.90 Å². The van der Waals surface area contributed by atoms with Crippen LogP contribution in [-0.4, -0.2) is 38.8 Å². The van der Waals surface area contributed by atoms with Gasteiger partial charge in [0.05, 0.1) is 34.1 Å². The molecule has 2 aromatic heterocycles. The third kappa shape index (κ3) is 5.46. The molecule has 9 heteroatoms. The maximum Gasteiger partial charge on any atom is 0.335 e. The molecular formula is C35H38ClN5O2S. The van der Waals surface area contributed by atoms with Crippen molar-refractivity contribution >= 4 is 46.3 Å². The number of pyridine rings is 1. The zero-order chi connectivity index (χ0) is 31.3. The molecule has 4 aromatic rings. The first-order chi connectivity index (χ1) is 21.0. The highest BCUT2D eigenvalue weighted by atomic mass is 35.5. The van der Waals surface area contributed by atoms with Crippen LogP contribution < -0.4 is 15.1 Å². The van der Waals surface area contributed by atoms with Gasteiger partial charge in [-0.1, -0.05) is 37.6 Å². The number of nitrogens with one attached hydrogen (secondary N) is 1. The van der Waals surface area contributed by atoms with E-state index in [2.05, 4.69) is 65.6 Å². The zero-order valence-electron chi connectivity index (χ0n) is 25.7. The molecule has 0 amide bonds. The van der Waals surface area contributed by atoms with E-state index in [0.717, 1.165) is 58.4 Å². The monoisotopic (exact) mass is 627 g/mol.